The molecule has 0 aliphatic carbocycles. The third-order valence-corrected chi connectivity index (χ3v) is 7.18. The number of amides is 1. The summed E-state index contributed by atoms with van der Waals surface area (Å²) >= 11 is 1.50. The molecule has 30 heavy (non-hydrogen) atoms. The highest BCUT2D eigenvalue weighted by Gasteiger charge is 2.24. The van der Waals surface area contributed by atoms with Crippen LogP contribution in [0.4, 0.5) is 5.69 Å². The Hall–Kier alpha value is -2.92. The van der Waals surface area contributed by atoms with Crippen LogP contribution in [0.15, 0.2) is 48.5 Å². The number of hydrogen-bond donors (Lipinski definition) is 0. The Bertz CT molecular complexity index is 1270. The first-order chi connectivity index (χ1) is 14.5. The summed E-state index contributed by atoms with van der Waals surface area (Å²) in [6, 6.07) is 16.9. The Morgan fingerprint density at radius 2 is 1.73 bits per heavy atom. The van der Waals surface area contributed by atoms with E-state index in [1.165, 1.54) is 33.7 Å². The Kier molecular flexibility index (Phi) is 4.70. The number of thiophene rings is 1. The molecule has 0 bridgehead atoms. The number of fused-ring (bicyclic) bond motifs is 2. The van der Waals surface area contributed by atoms with Gasteiger partial charge in [0.25, 0.3) is 5.91 Å². The normalized spacial score (nSPS) is 14.6. The lowest BCUT2D eigenvalue weighted by Crippen LogP contribution is -2.48. The van der Waals surface area contributed by atoms with Gasteiger partial charge >= 0.3 is 0 Å². The summed E-state index contributed by atoms with van der Waals surface area (Å²) < 4.78 is 0. The maximum absolute atomic E-state index is 13.2. The van der Waals surface area contributed by atoms with Gasteiger partial charge in [-0.15, -0.1) is 11.3 Å². The summed E-state index contributed by atoms with van der Waals surface area (Å²) in [5.41, 5.74) is 6.13. The first kappa shape index (κ1) is 19.1. The number of carbonyl (C=O) groups is 1. The van der Waals surface area contributed by atoms with Gasteiger partial charge in [0.05, 0.1) is 10.4 Å². The van der Waals surface area contributed by atoms with E-state index in [-0.39, 0.29) is 5.91 Å². The predicted molar refractivity (Wildman–Crippen MR) is 126 cm³/mol. The maximum Gasteiger partial charge on any atom is 0.264 e. The van der Waals surface area contributed by atoms with Gasteiger partial charge in [-0.25, -0.2) is 4.98 Å². The average molecular weight is 416 g/mol. The maximum atomic E-state index is 13.2. The van der Waals surface area contributed by atoms with Crippen LogP contribution in [0.5, 0.6) is 0 Å². The van der Waals surface area contributed by atoms with Crippen molar-refractivity contribution in [3.8, 4) is 0 Å². The van der Waals surface area contributed by atoms with Crippen molar-refractivity contribution in [2.45, 2.75) is 20.8 Å². The Morgan fingerprint density at radius 3 is 2.53 bits per heavy atom. The summed E-state index contributed by atoms with van der Waals surface area (Å²) in [5, 5.41) is 2.18. The molecule has 1 aliphatic heterocycles. The molecular formula is C25H25N3OS. The molecule has 0 saturated carbocycles. The van der Waals surface area contributed by atoms with Crippen molar-refractivity contribution in [3.63, 3.8) is 0 Å². The highest BCUT2D eigenvalue weighted by Crippen LogP contribution is 2.29. The molecule has 4 nitrogen and oxygen atoms in total. The van der Waals surface area contributed by atoms with E-state index in [0.29, 0.717) is 0 Å². The minimum absolute atomic E-state index is 0.124. The molecule has 152 valence electrons. The number of nitrogens with zero attached hydrogens (tertiary/aromatic N) is 3. The number of hydrogen-bond acceptors (Lipinski definition) is 4. The van der Waals surface area contributed by atoms with E-state index in [2.05, 4.69) is 68.1 Å². The fourth-order valence-corrected chi connectivity index (χ4v) is 5.23. The summed E-state index contributed by atoms with van der Waals surface area (Å²) in [5.74, 6) is 0.124. The standard InChI is InChI=1S/C25H25N3OS/c1-16-7-8-21-19(13-16)14-20-15-23(30-24(20)26-21)25(29)28-11-9-27(10-12-28)22-6-4-5-17(2)18(22)3/h4-8,13-15H,9-12H2,1-3H3. The number of aromatic nitrogens is 1. The average Bonchev–Trinajstić information content (AvgIpc) is 3.16. The third-order valence-electron chi connectivity index (χ3n) is 6.15. The van der Waals surface area contributed by atoms with Gasteiger partial charge in [-0.1, -0.05) is 23.8 Å². The first-order valence-corrected chi connectivity index (χ1v) is 11.2. The summed E-state index contributed by atoms with van der Waals surface area (Å²) in [6.07, 6.45) is 0. The second kappa shape index (κ2) is 7.40. The van der Waals surface area contributed by atoms with Crippen molar-refractivity contribution in [3.05, 3.63) is 70.1 Å². The molecular weight excluding hydrogens is 390 g/mol. The van der Waals surface area contributed by atoms with E-state index in [1.54, 1.807) is 0 Å². The predicted octanol–water partition coefficient (Wildman–Crippen LogP) is 5.34. The molecule has 1 aliphatic rings. The molecule has 2 aromatic heterocycles. The lowest BCUT2D eigenvalue weighted by atomic mass is 10.1. The summed E-state index contributed by atoms with van der Waals surface area (Å²) in [6.45, 7) is 9.63. The number of pyridine rings is 1. The van der Waals surface area contributed by atoms with Gasteiger partial charge in [0, 0.05) is 42.6 Å². The summed E-state index contributed by atoms with van der Waals surface area (Å²) in [7, 11) is 0. The van der Waals surface area contributed by atoms with Gasteiger partial charge < -0.3 is 9.80 Å². The van der Waals surface area contributed by atoms with E-state index in [1.807, 2.05) is 11.0 Å². The fourth-order valence-electron chi connectivity index (χ4n) is 4.24. The van der Waals surface area contributed by atoms with Crippen LogP contribution in [0.25, 0.3) is 21.1 Å². The number of benzene rings is 2. The second-order valence-electron chi connectivity index (χ2n) is 8.19. The highest BCUT2D eigenvalue weighted by molar-refractivity contribution is 7.20. The zero-order valence-electron chi connectivity index (χ0n) is 17.6. The van der Waals surface area contributed by atoms with Crippen LogP contribution < -0.4 is 4.90 Å². The molecule has 1 saturated heterocycles. The second-order valence-corrected chi connectivity index (χ2v) is 9.22. The van der Waals surface area contributed by atoms with Crippen molar-refractivity contribution in [1.29, 1.82) is 0 Å². The molecule has 0 unspecified atom stereocenters. The van der Waals surface area contributed by atoms with Gasteiger partial charge in [-0.2, -0.15) is 0 Å². The van der Waals surface area contributed by atoms with E-state index in [9.17, 15) is 4.79 Å². The van der Waals surface area contributed by atoms with Crippen LogP contribution in [0.3, 0.4) is 0 Å². The SMILES string of the molecule is Cc1ccc2nc3sc(C(=O)N4CCN(c5cccc(C)c5C)CC4)cc3cc2c1. The fraction of sp³-hybridized carbons (Fsp3) is 0.280. The molecule has 5 rings (SSSR count). The first-order valence-electron chi connectivity index (χ1n) is 10.4. The van der Waals surface area contributed by atoms with Crippen molar-refractivity contribution in [1.82, 2.24) is 9.88 Å². The molecule has 1 amide bonds. The van der Waals surface area contributed by atoms with Crippen molar-refractivity contribution >= 4 is 44.1 Å². The van der Waals surface area contributed by atoms with Crippen molar-refractivity contribution < 1.29 is 4.79 Å². The van der Waals surface area contributed by atoms with Gasteiger partial charge in [0.1, 0.15) is 4.83 Å². The van der Waals surface area contributed by atoms with Gasteiger partial charge in [0.2, 0.25) is 0 Å². The smallest absolute Gasteiger partial charge is 0.264 e. The van der Waals surface area contributed by atoms with Crippen LogP contribution in [0.2, 0.25) is 0 Å². The number of rotatable bonds is 2. The molecule has 0 N–H and O–H groups in total. The van der Waals surface area contributed by atoms with E-state index in [0.717, 1.165) is 52.2 Å². The summed E-state index contributed by atoms with van der Waals surface area (Å²) in [4.78, 5) is 24.0. The van der Waals surface area contributed by atoms with Crippen LogP contribution in [-0.4, -0.2) is 42.0 Å². The molecule has 2 aromatic carbocycles. The molecule has 0 radical (unpaired) electrons. The largest absolute Gasteiger partial charge is 0.368 e. The number of aryl methyl sites for hydroxylation is 2. The van der Waals surface area contributed by atoms with Gasteiger partial charge in [-0.3, -0.25) is 4.79 Å². The van der Waals surface area contributed by atoms with E-state index >= 15 is 0 Å². The third kappa shape index (κ3) is 3.33. The Morgan fingerprint density at radius 1 is 0.933 bits per heavy atom. The zero-order valence-corrected chi connectivity index (χ0v) is 18.4. The lowest BCUT2D eigenvalue weighted by Gasteiger charge is -2.36. The van der Waals surface area contributed by atoms with Crippen LogP contribution in [0, 0.1) is 20.8 Å². The molecule has 4 aromatic rings. The van der Waals surface area contributed by atoms with Crippen LogP contribution >= 0.6 is 11.3 Å². The Balaban J connectivity index is 1.35. The quantitative estimate of drug-likeness (QED) is 0.444. The molecule has 3 heterocycles. The van der Waals surface area contributed by atoms with Gasteiger partial charge in [0.15, 0.2) is 0 Å². The molecule has 5 heteroatoms. The molecule has 0 spiro atoms. The van der Waals surface area contributed by atoms with E-state index in [4.69, 9.17) is 4.98 Å². The molecule has 0 atom stereocenters. The van der Waals surface area contributed by atoms with E-state index < -0.39 is 0 Å². The van der Waals surface area contributed by atoms with Crippen molar-refractivity contribution in [2.24, 2.45) is 0 Å². The minimum atomic E-state index is 0.124. The van der Waals surface area contributed by atoms with Crippen molar-refractivity contribution in [2.75, 3.05) is 31.1 Å². The lowest BCUT2D eigenvalue weighted by molar-refractivity contribution is 0.0751. The Labute approximate surface area is 180 Å². The number of carbonyl (C=O) groups excluding carboxylic acids is 1. The molecule has 1 fully saturated rings. The zero-order chi connectivity index (χ0) is 20.8. The number of anilines is 1. The minimum Gasteiger partial charge on any atom is -0.368 e. The monoisotopic (exact) mass is 415 g/mol. The number of piperazine rings is 1. The highest BCUT2D eigenvalue weighted by atomic mass is 32.1. The van der Waals surface area contributed by atoms with Crippen LogP contribution in [0.1, 0.15) is 26.4 Å². The van der Waals surface area contributed by atoms with Gasteiger partial charge in [-0.05, 0) is 62.2 Å². The van der Waals surface area contributed by atoms with Crippen LogP contribution in [-0.2, 0) is 0 Å². The topological polar surface area (TPSA) is 36.4 Å².